The zero-order valence-corrected chi connectivity index (χ0v) is 12.9. The van der Waals surface area contributed by atoms with Crippen LogP contribution in [0.4, 0.5) is 5.69 Å². The lowest BCUT2D eigenvalue weighted by Gasteiger charge is -2.25. The molecule has 1 aromatic heterocycles. The third kappa shape index (κ3) is 3.37. The van der Waals surface area contributed by atoms with Gasteiger partial charge in [0.05, 0.1) is 11.9 Å². The number of hydrogen-bond donors (Lipinski definition) is 2. The van der Waals surface area contributed by atoms with Crippen LogP contribution in [0.25, 0.3) is 0 Å². The van der Waals surface area contributed by atoms with Gasteiger partial charge in [-0.1, -0.05) is 27.7 Å². The zero-order chi connectivity index (χ0) is 15.7. The molecular weight excluding hydrogens is 258 g/mol. The minimum absolute atomic E-state index is 0.106. The fraction of sp³-hybridized carbons (Fsp3) is 0.643. The van der Waals surface area contributed by atoms with Crippen molar-refractivity contribution in [2.24, 2.45) is 11.3 Å². The molecule has 0 saturated carbocycles. The van der Waals surface area contributed by atoms with E-state index in [9.17, 15) is 9.59 Å². The van der Waals surface area contributed by atoms with Crippen molar-refractivity contribution < 1.29 is 14.7 Å². The summed E-state index contributed by atoms with van der Waals surface area (Å²) in [6, 6.07) is 0. The Bertz CT molecular complexity index is 512. The number of rotatable bonds is 4. The second-order valence-corrected chi connectivity index (χ2v) is 6.61. The molecule has 0 saturated heterocycles. The first-order valence-electron chi connectivity index (χ1n) is 6.55. The van der Waals surface area contributed by atoms with Crippen molar-refractivity contribution in [2.45, 2.75) is 47.1 Å². The fourth-order valence-electron chi connectivity index (χ4n) is 1.43. The van der Waals surface area contributed by atoms with E-state index in [2.05, 4.69) is 10.4 Å². The van der Waals surface area contributed by atoms with Crippen LogP contribution in [0, 0.1) is 11.3 Å². The quantitative estimate of drug-likeness (QED) is 0.887. The summed E-state index contributed by atoms with van der Waals surface area (Å²) in [6.45, 7) is 10.9. The number of carboxylic acid groups (broad SMARTS) is 1. The number of nitrogens with zero attached hydrogens (tertiary/aromatic N) is 2. The summed E-state index contributed by atoms with van der Waals surface area (Å²) in [5.41, 5.74) is -0.792. The van der Waals surface area contributed by atoms with Crippen molar-refractivity contribution in [3.05, 3.63) is 12.4 Å². The van der Waals surface area contributed by atoms with Crippen LogP contribution < -0.4 is 5.32 Å². The monoisotopic (exact) mass is 281 g/mol. The van der Waals surface area contributed by atoms with E-state index in [1.807, 2.05) is 27.7 Å². The lowest BCUT2D eigenvalue weighted by molar-refractivity contribution is -0.146. The first-order valence-corrected chi connectivity index (χ1v) is 6.55. The summed E-state index contributed by atoms with van der Waals surface area (Å²) >= 11 is 0. The normalized spacial score (nSPS) is 13.9. The fourth-order valence-corrected chi connectivity index (χ4v) is 1.43. The van der Waals surface area contributed by atoms with Gasteiger partial charge in [0, 0.05) is 12.1 Å². The Morgan fingerprint density at radius 2 is 1.85 bits per heavy atom. The van der Waals surface area contributed by atoms with Crippen LogP contribution >= 0.6 is 0 Å². The summed E-state index contributed by atoms with van der Waals surface area (Å²) in [5.74, 6) is -1.26. The van der Waals surface area contributed by atoms with Crippen LogP contribution in [0.15, 0.2) is 12.4 Å². The molecule has 1 amide bonds. The average molecular weight is 281 g/mol. The third-order valence-corrected chi connectivity index (χ3v) is 3.64. The van der Waals surface area contributed by atoms with E-state index in [0.29, 0.717) is 5.69 Å². The van der Waals surface area contributed by atoms with Crippen LogP contribution in [0.5, 0.6) is 0 Å². The summed E-state index contributed by atoms with van der Waals surface area (Å²) in [6.07, 6.45) is 2.99. The van der Waals surface area contributed by atoms with Crippen LogP contribution in [0.3, 0.4) is 0 Å². The number of aliphatic carboxylic acids is 1. The van der Waals surface area contributed by atoms with E-state index in [1.54, 1.807) is 13.8 Å². The van der Waals surface area contributed by atoms with Crippen molar-refractivity contribution in [1.29, 1.82) is 0 Å². The standard InChI is InChI=1S/C14H23N3O3/c1-9(13(2,3)4)11(18)16-10-7-15-17(8-10)14(5,6)12(19)20/h7-9H,1-6H3,(H,16,18)(H,19,20). The maximum absolute atomic E-state index is 12.1. The van der Waals surface area contributed by atoms with E-state index in [0.717, 1.165) is 0 Å². The van der Waals surface area contributed by atoms with Crippen molar-refractivity contribution >= 4 is 17.6 Å². The van der Waals surface area contributed by atoms with Gasteiger partial charge in [-0.2, -0.15) is 5.10 Å². The number of hydrogen-bond acceptors (Lipinski definition) is 3. The summed E-state index contributed by atoms with van der Waals surface area (Å²) in [5, 5.41) is 15.9. The molecule has 1 aromatic rings. The molecule has 1 unspecified atom stereocenters. The molecule has 0 aliphatic heterocycles. The van der Waals surface area contributed by atoms with Gasteiger partial charge < -0.3 is 10.4 Å². The predicted molar refractivity (Wildman–Crippen MR) is 76.4 cm³/mol. The van der Waals surface area contributed by atoms with Gasteiger partial charge in [-0.05, 0) is 19.3 Å². The molecule has 0 aliphatic carbocycles. The van der Waals surface area contributed by atoms with Crippen molar-refractivity contribution in [3.63, 3.8) is 0 Å². The highest BCUT2D eigenvalue weighted by molar-refractivity contribution is 5.92. The Morgan fingerprint density at radius 1 is 1.30 bits per heavy atom. The van der Waals surface area contributed by atoms with Gasteiger partial charge in [0.1, 0.15) is 0 Å². The van der Waals surface area contributed by atoms with E-state index in [-0.39, 0.29) is 17.2 Å². The van der Waals surface area contributed by atoms with Gasteiger partial charge in [0.2, 0.25) is 5.91 Å². The number of carboxylic acids is 1. The van der Waals surface area contributed by atoms with Gasteiger partial charge in [0.25, 0.3) is 0 Å². The van der Waals surface area contributed by atoms with Crippen molar-refractivity contribution in [1.82, 2.24) is 9.78 Å². The minimum Gasteiger partial charge on any atom is -0.479 e. The smallest absolute Gasteiger partial charge is 0.331 e. The lowest BCUT2D eigenvalue weighted by Crippen LogP contribution is -2.36. The number of nitrogens with one attached hydrogen (secondary N) is 1. The molecule has 112 valence electrons. The Balaban J connectivity index is 2.85. The van der Waals surface area contributed by atoms with E-state index in [1.165, 1.54) is 17.1 Å². The van der Waals surface area contributed by atoms with Gasteiger partial charge in [-0.25, -0.2) is 4.79 Å². The summed E-state index contributed by atoms with van der Waals surface area (Å²) < 4.78 is 1.33. The van der Waals surface area contributed by atoms with Gasteiger partial charge in [-0.3, -0.25) is 9.48 Å². The second-order valence-electron chi connectivity index (χ2n) is 6.61. The van der Waals surface area contributed by atoms with Crippen molar-refractivity contribution in [2.75, 3.05) is 5.32 Å². The molecule has 6 nitrogen and oxygen atoms in total. The molecule has 20 heavy (non-hydrogen) atoms. The van der Waals surface area contributed by atoms with Crippen molar-refractivity contribution in [3.8, 4) is 0 Å². The SMILES string of the molecule is CC(C(=O)Nc1cnn(C(C)(C)C(=O)O)c1)C(C)(C)C. The Labute approximate surface area is 119 Å². The highest BCUT2D eigenvalue weighted by atomic mass is 16.4. The molecule has 0 aliphatic rings. The Kier molecular flexibility index (Phi) is 4.27. The number of aromatic nitrogens is 2. The molecule has 0 radical (unpaired) electrons. The number of carbonyl (C=O) groups is 2. The van der Waals surface area contributed by atoms with E-state index in [4.69, 9.17) is 5.11 Å². The van der Waals surface area contributed by atoms with Gasteiger partial charge in [0.15, 0.2) is 5.54 Å². The molecule has 6 heteroatoms. The Morgan fingerprint density at radius 3 is 2.30 bits per heavy atom. The van der Waals surface area contributed by atoms with Crippen LogP contribution in [-0.2, 0) is 15.1 Å². The molecule has 0 bridgehead atoms. The maximum Gasteiger partial charge on any atom is 0.331 e. The average Bonchev–Trinajstić information content (AvgIpc) is 2.75. The minimum atomic E-state index is -1.15. The molecular formula is C14H23N3O3. The van der Waals surface area contributed by atoms with Crippen LogP contribution in [0.1, 0.15) is 41.5 Å². The lowest BCUT2D eigenvalue weighted by atomic mass is 9.81. The third-order valence-electron chi connectivity index (χ3n) is 3.64. The molecule has 1 rings (SSSR count). The number of anilines is 1. The van der Waals surface area contributed by atoms with Crippen LogP contribution in [-0.4, -0.2) is 26.8 Å². The summed E-state index contributed by atoms with van der Waals surface area (Å²) in [4.78, 5) is 23.2. The van der Waals surface area contributed by atoms with Gasteiger partial charge in [-0.15, -0.1) is 0 Å². The second kappa shape index (κ2) is 5.26. The largest absolute Gasteiger partial charge is 0.479 e. The highest BCUT2D eigenvalue weighted by Crippen LogP contribution is 2.26. The van der Waals surface area contributed by atoms with Crippen LogP contribution in [0.2, 0.25) is 0 Å². The van der Waals surface area contributed by atoms with E-state index < -0.39 is 11.5 Å². The molecule has 1 atom stereocenters. The first-order chi connectivity index (χ1) is 8.96. The first kappa shape index (κ1) is 16.2. The number of amides is 1. The van der Waals surface area contributed by atoms with E-state index >= 15 is 0 Å². The molecule has 2 N–H and O–H groups in total. The van der Waals surface area contributed by atoms with Gasteiger partial charge >= 0.3 is 5.97 Å². The maximum atomic E-state index is 12.1. The zero-order valence-electron chi connectivity index (χ0n) is 12.9. The number of carbonyl (C=O) groups excluding carboxylic acids is 1. The molecule has 0 fully saturated rings. The summed E-state index contributed by atoms with van der Waals surface area (Å²) in [7, 11) is 0. The molecule has 0 spiro atoms. The predicted octanol–water partition coefficient (Wildman–Crippen LogP) is 2.32. The Hall–Kier alpha value is -1.85. The molecule has 1 heterocycles. The topological polar surface area (TPSA) is 84.2 Å². The highest BCUT2D eigenvalue weighted by Gasteiger charge is 2.31. The molecule has 0 aromatic carbocycles.